The van der Waals surface area contributed by atoms with Gasteiger partial charge in [0.15, 0.2) is 6.10 Å². The van der Waals surface area contributed by atoms with Crippen molar-refractivity contribution in [1.29, 1.82) is 5.26 Å². The van der Waals surface area contributed by atoms with Gasteiger partial charge in [0.05, 0.1) is 0 Å². The van der Waals surface area contributed by atoms with E-state index in [0.29, 0.717) is 12.0 Å². The highest BCUT2D eigenvalue weighted by molar-refractivity contribution is 5.95. The summed E-state index contributed by atoms with van der Waals surface area (Å²) in [4.78, 5) is 23.2. The number of ether oxygens (including phenoxy) is 2. The van der Waals surface area contributed by atoms with Crippen LogP contribution in [0.15, 0.2) is 23.8 Å². The molecular weight excluding hydrogens is 234 g/mol. The van der Waals surface area contributed by atoms with Crippen molar-refractivity contribution in [2.45, 2.75) is 25.0 Å². The third-order valence-corrected chi connectivity index (χ3v) is 3.86. The van der Waals surface area contributed by atoms with Crippen LogP contribution in [0, 0.1) is 23.2 Å². The van der Waals surface area contributed by atoms with Gasteiger partial charge in [0.1, 0.15) is 6.07 Å². The predicted octanol–water partition coefficient (Wildman–Crippen LogP) is 0.870. The Morgan fingerprint density at radius 1 is 1.72 bits per heavy atom. The third kappa shape index (κ3) is 1.10. The number of nitriles is 1. The molecule has 4 unspecified atom stereocenters. The Morgan fingerprint density at radius 3 is 3.06 bits per heavy atom. The molecule has 0 N–H and O–H groups in total. The van der Waals surface area contributed by atoms with E-state index in [1.807, 2.05) is 6.07 Å². The first-order valence-electron chi connectivity index (χ1n) is 5.72. The van der Waals surface area contributed by atoms with Gasteiger partial charge in [0.2, 0.25) is 5.60 Å². The first kappa shape index (κ1) is 11.0. The fourth-order valence-corrected chi connectivity index (χ4v) is 3.05. The van der Waals surface area contributed by atoms with E-state index < -0.39 is 23.6 Å². The Hall–Kier alpha value is -2.09. The Labute approximate surface area is 104 Å². The van der Waals surface area contributed by atoms with Crippen LogP contribution >= 0.6 is 0 Å². The molecule has 0 spiro atoms. The van der Waals surface area contributed by atoms with Gasteiger partial charge in [0.25, 0.3) is 0 Å². The van der Waals surface area contributed by atoms with Crippen molar-refractivity contribution >= 4 is 11.9 Å². The SMILES string of the molecule is C=C(C)C(=O)OC1C2C=C3C(=O)OC1(C#N)C3C2. The number of carbonyl (C=O) groups is 2. The lowest BCUT2D eigenvalue weighted by molar-refractivity contribution is -0.165. The minimum atomic E-state index is -1.32. The van der Waals surface area contributed by atoms with Gasteiger partial charge in [-0.1, -0.05) is 12.7 Å². The highest BCUT2D eigenvalue weighted by Gasteiger charge is 2.69. The van der Waals surface area contributed by atoms with Gasteiger partial charge in [-0.15, -0.1) is 0 Å². The standard InChI is InChI=1S/C13H11NO4/c1-6(2)11(15)17-10-7-3-8-9(4-7)13(10,5-14)18-12(8)16/h3,7,9-10H,1,4H2,2H3. The van der Waals surface area contributed by atoms with Crippen LogP contribution in [0.3, 0.4) is 0 Å². The zero-order valence-electron chi connectivity index (χ0n) is 9.80. The number of fused-ring (bicyclic) bond motifs is 1. The topological polar surface area (TPSA) is 76.4 Å². The summed E-state index contributed by atoms with van der Waals surface area (Å²) in [6.45, 7) is 5.04. The molecule has 2 bridgehead atoms. The van der Waals surface area contributed by atoms with Gasteiger partial charge in [-0.05, 0) is 13.3 Å². The average molecular weight is 245 g/mol. The summed E-state index contributed by atoms with van der Waals surface area (Å²) in [6.07, 6.45) is 1.68. The van der Waals surface area contributed by atoms with Gasteiger partial charge < -0.3 is 9.47 Å². The van der Waals surface area contributed by atoms with Crippen molar-refractivity contribution in [1.82, 2.24) is 0 Å². The summed E-state index contributed by atoms with van der Waals surface area (Å²) in [5.74, 6) is -1.39. The lowest BCUT2D eigenvalue weighted by Crippen LogP contribution is -2.46. The summed E-state index contributed by atoms with van der Waals surface area (Å²) in [5, 5.41) is 9.34. The first-order valence-corrected chi connectivity index (χ1v) is 5.72. The second kappa shape index (κ2) is 3.22. The van der Waals surface area contributed by atoms with Gasteiger partial charge >= 0.3 is 11.9 Å². The monoisotopic (exact) mass is 245 g/mol. The van der Waals surface area contributed by atoms with Crippen molar-refractivity contribution in [2.75, 3.05) is 0 Å². The molecule has 18 heavy (non-hydrogen) atoms. The molecule has 3 rings (SSSR count). The lowest BCUT2D eigenvalue weighted by atomic mass is 9.85. The molecule has 1 saturated heterocycles. The van der Waals surface area contributed by atoms with Crippen molar-refractivity contribution in [3.05, 3.63) is 23.8 Å². The van der Waals surface area contributed by atoms with E-state index in [1.54, 1.807) is 6.08 Å². The van der Waals surface area contributed by atoms with E-state index in [9.17, 15) is 14.9 Å². The van der Waals surface area contributed by atoms with Crippen LogP contribution in [0.2, 0.25) is 0 Å². The molecule has 4 atom stereocenters. The van der Waals surface area contributed by atoms with E-state index in [1.165, 1.54) is 6.92 Å². The molecule has 0 amide bonds. The molecule has 0 radical (unpaired) electrons. The van der Waals surface area contributed by atoms with Crippen LogP contribution in [0.25, 0.3) is 0 Å². The number of hydrogen-bond acceptors (Lipinski definition) is 5. The molecular formula is C13H11NO4. The zero-order chi connectivity index (χ0) is 13.1. The number of nitrogens with zero attached hydrogens (tertiary/aromatic N) is 1. The highest BCUT2D eigenvalue weighted by atomic mass is 16.6. The molecule has 0 aromatic rings. The molecule has 2 aliphatic carbocycles. The normalized spacial score (nSPS) is 39.0. The quantitative estimate of drug-likeness (QED) is 0.533. The summed E-state index contributed by atoms with van der Waals surface area (Å²) in [6, 6.07) is 2.03. The van der Waals surface area contributed by atoms with Crippen LogP contribution in [0.4, 0.5) is 0 Å². The molecule has 92 valence electrons. The van der Waals surface area contributed by atoms with E-state index >= 15 is 0 Å². The molecule has 1 aliphatic heterocycles. The summed E-state index contributed by atoms with van der Waals surface area (Å²) >= 11 is 0. The van der Waals surface area contributed by atoms with E-state index in [4.69, 9.17) is 9.47 Å². The van der Waals surface area contributed by atoms with Gasteiger partial charge in [-0.2, -0.15) is 5.26 Å². The molecule has 5 nitrogen and oxygen atoms in total. The van der Waals surface area contributed by atoms with E-state index in [-0.39, 0.29) is 17.4 Å². The van der Waals surface area contributed by atoms with Crippen LogP contribution in [-0.2, 0) is 19.1 Å². The largest absolute Gasteiger partial charge is 0.453 e. The second-order valence-electron chi connectivity index (χ2n) is 4.97. The maximum atomic E-state index is 11.6. The molecule has 0 aromatic carbocycles. The number of esters is 2. The Bertz CT molecular complexity index is 556. The smallest absolute Gasteiger partial charge is 0.335 e. The molecule has 1 saturated carbocycles. The molecule has 0 aromatic heterocycles. The zero-order valence-corrected chi connectivity index (χ0v) is 9.80. The molecule has 2 fully saturated rings. The second-order valence-corrected chi connectivity index (χ2v) is 4.97. The minimum absolute atomic E-state index is 0.112. The van der Waals surface area contributed by atoms with Crippen molar-refractivity contribution in [3.63, 3.8) is 0 Å². The van der Waals surface area contributed by atoms with Crippen LogP contribution in [0.5, 0.6) is 0 Å². The predicted molar refractivity (Wildman–Crippen MR) is 58.8 cm³/mol. The lowest BCUT2D eigenvalue weighted by Gasteiger charge is -2.29. The van der Waals surface area contributed by atoms with Crippen molar-refractivity contribution < 1.29 is 19.1 Å². The molecule has 1 heterocycles. The number of hydrogen-bond donors (Lipinski definition) is 0. The van der Waals surface area contributed by atoms with Crippen LogP contribution in [0.1, 0.15) is 13.3 Å². The minimum Gasteiger partial charge on any atom is -0.453 e. The third-order valence-electron chi connectivity index (χ3n) is 3.86. The Balaban J connectivity index is 1.97. The Morgan fingerprint density at radius 2 is 2.44 bits per heavy atom. The van der Waals surface area contributed by atoms with E-state index in [2.05, 4.69) is 6.58 Å². The van der Waals surface area contributed by atoms with Gasteiger partial charge in [0, 0.05) is 23.0 Å². The molecule has 5 heteroatoms. The maximum Gasteiger partial charge on any atom is 0.335 e. The fraction of sp³-hybridized carbons (Fsp3) is 0.462. The van der Waals surface area contributed by atoms with Gasteiger partial charge in [-0.3, -0.25) is 0 Å². The maximum absolute atomic E-state index is 11.6. The summed E-state index contributed by atoms with van der Waals surface area (Å²) in [5.41, 5.74) is -0.500. The first-order chi connectivity index (χ1) is 8.49. The van der Waals surface area contributed by atoms with E-state index in [0.717, 1.165) is 0 Å². The van der Waals surface area contributed by atoms with Crippen molar-refractivity contribution in [2.24, 2.45) is 11.8 Å². The van der Waals surface area contributed by atoms with Crippen LogP contribution in [-0.4, -0.2) is 23.6 Å². The molecule has 3 aliphatic rings. The summed E-state index contributed by atoms with van der Waals surface area (Å²) < 4.78 is 10.5. The number of carbonyl (C=O) groups excluding carboxylic acids is 2. The van der Waals surface area contributed by atoms with Crippen LogP contribution < -0.4 is 0 Å². The highest BCUT2D eigenvalue weighted by Crippen LogP contribution is 2.57. The summed E-state index contributed by atoms with van der Waals surface area (Å²) in [7, 11) is 0. The Kier molecular flexibility index (Phi) is 1.98. The number of rotatable bonds is 2. The van der Waals surface area contributed by atoms with Crippen molar-refractivity contribution in [3.8, 4) is 6.07 Å². The fourth-order valence-electron chi connectivity index (χ4n) is 3.05. The van der Waals surface area contributed by atoms with Gasteiger partial charge in [-0.25, -0.2) is 9.59 Å². The average Bonchev–Trinajstić information content (AvgIpc) is 2.91.